The zero-order chi connectivity index (χ0) is 13.5. The Bertz CT molecular complexity index is 505. The second kappa shape index (κ2) is 6.95. The summed E-state index contributed by atoms with van der Waals surface area (Å²) in [5.41, 5.74) is 1.21. The molecule has 1 aromatic heterocycles. The maximum Gasteiger partial charge on any atom is 0.225 e. The van der Waals surface area contributed by atoms with Crippen molar-refractivity contribution in [3.05, 3.63) is 52.2 Å². The number of nitrogens with one attached hydrogen (secondary N) is 1. The van der Waals surface area contributed by atoms with Gasteiger partial charge >= 0.3 is 0 Å². The number of hydrogen-bond acceptors (Lipinski definition) is 3. The van der Waals surface area contributed by atoms with E-state index in [2.05, 4.69) is 5.32 Å². The van der Waals surface area contributed by atoms with Crippen LogP contribution in [-0.4, -0.2) is 19.1 Å². The molecule has 0 fully saturated rings. The minimum atomic E-state index is 0.0370. The first kappa shape index (κ1) is 13.6. The van der Waals surface area contributed by atoms with Gasteiger partial charge in [0.15, 0.2) is 0 Å². The van der Waals surface area contributed by atoms with Gasteiger partial charge in [0.25, 0.3) is 0 Å². The molecule has 0 atom stereocenters. The lowest BCUT2D eigenvalue weighted by molar-refractivity contribution is -0.120. The third-order valence-electron chi connectivity index (χ3n) is 2.63. The summed E-state index contributed by atoms with van der Waals surface area (Å²) in [6.07, 6.45) is 0.447. The summed E-state index contributed by atoms with van der Waals surface area (Å²) in [7, 11) is 0. The monoisotopic (exact) mass is 275 g/mol. The van der Waals surface area contributed by atoms with Crippen LogP contribution < -0.4 is 10.1 Å². The van der Waals surface area contributed by atoms with Crippen LogP contribution in [0.2, 0.25) is 0 Å². The van der Waals surface area contributed by atoms with Gasteiger partial charge in [-0.25, -0.2) is 0 Å². The van der Waals surface area contributed by atoms with E-state index < -0.39 is 0 Å². The molecule has 1 amide bonds. The fourth-order valence-corrected chi connectivity index (χ4v) is 2.33. The number of aryl methyl sites for hydroxylation is 1. The molecule has 0 aliphatic carbocycles. The molecule has 0 saturated carbocycles. The quantitative estimate of drug-likeness (QED) is 0.823. The van der Waals surface area contributed by atoms with E-state index in [0.29, 0.717) is 19.6 Å². The summed E-state index contributed by atoms with van der Waals surface area (Å²) in [4.78, 5) is 12.7. The van der Waals surface area contributed by atoms with E-state index in [4.69, 9.17) is 4.74 Å². The predicted octanol–water partition coefficient (Wildman–Crippen LogP) is 2.79. The van der Waals surface area contributed by atoms with Crippen molar-refractivity contribution in [1.82, 2.24) is 5.32 Å². The van der Waals surface area contributed by atoms with Crippen molar-refractivity contribution < 1.29 is 9.53 Å². The van der Waals surface area contributed by atoms with E-state index in [0.717, 1.165) is 10.6 Å². The highest BCUT2D eigenvalue weighted by Gasteiger charge is 2.03. The summed E-state index contributed by atoms with van der Waals surface area (Å²) < 4.78 is 5.53. The first-order chi connectivity index (χ1) is 9.24. The van der Waals surface area contributed by atoms with Crippen LogP contribution in [0, 0.1) is 6.92 Å². The smallest absolute Gasteiger partial charge is 0.225 e. The van der Waals surface area contributed by atoms with E-state index >= 15 is 0 Å². The Kier molecular flexibility index (Phi) is 4.98. The standard InChI is InChI=1S/C15H17NO2S/c1-12-4-6-13(7-5-12)18-9-8-16-15(17)11-14-3-2-10-19-14/h2-7,10H,8-9,11H2,1H3,(H,16,17). The molecule has 0 bridgehead atoms. The lowest BCUT2D eigenvalue weighted by Gasteiger charge is -2.07. The fourth-order valence-electron chi connectivity index (χ4n) is 1.63. The third-order valence-corrected chi connectivity index (χ3v) is 3.51. The zero-order valence-corrected chi connectivity index (χ0v) is 11.7. The number of rotatable bonds is 6. The summed E-state index contributed by atoms with van der Waals surface area (Å²) in [5.74, 6) is 0.869. The largest absolute Gasteiger partial charge is 0.492 e. The number of carbonyl (C=O) groups excluding carboxylic acids is 1. The third kappa shape index (κ3) is 4.75. The molecular weight excluding hydrogens is 258 g/mol. The molecule has 0 aliphatic rings. The van der Waals surface area contributed by atoms with E-state index in [-0.39, 0.29) is 5.91 Å². The molecule has 1 aromatic carbocycles. The minimum absolute atomic E-state index is 0.0370. The van der Waals surface area contributed by atoms with Crippen molar-refractivity contribution >= 4 is 17.2 Å². The molecule has 1 N–H and O–H groups in total. The molecule has 2 aromatic rings. The van der Waals surface area contributed by atoms with Crippen LogP contribution in [0.4, 0.5) is 0 Å². The first-order valence-electron chi connectivity index (χ1n) is 6.22. The number of benzene rings is 1. The molecule has 0 radical (unpaired) electrons. The normalized spacial score (nSPS) is 10.2. The fraction of sp³-hybridized carbons (Fsp3) is 0.267. The molecule has 3 nitrogen and oxygen atoms in total. The number of hydrogen-bond donors (Lipinski definition) is 1. The van der Waals surface area contributed by atoms with Crippen molar-refractivity contribution in [1.29, 1.82) is 0 Å². The van der Waals surface area contributed by atoms with Gasteiger partial charge < -0.3 is 10.1 Å². The Morgan fingerprint density at radius 3 is 2.74 bits per heavy atom. The average Bonchev–Trinajstić information content (AvgIpc) is 2.89. The van der Waals surface area contributed by atoms with Gasteiger partial charge in [-0.15, -0.1) is 11.3 Å². The molecule has 0 spiro atoms. The van der Waals surface area contributed by atoms with E-state index in [1.165, 1.54) is 5.56 Å². The van der Waals surface area contributed by atoms with Crippen molar-refractivity contribution in [2.45, 2.75) is 13.3 Å². The summed E-state index contributed by atoms with van der Waals surface area (Å²) >= 11 is 1.60. The van der Waals surface area contributed by atoms with Crippen LogP contribution in [0.15, 0.2) is 41.8 Å². The minimum Gasteiger partial charge on any atom is -0.492 e. The second-order valence-corrected chi connectivity index (χ2v) is 5.30. The van der Waals surface area contributed by atoms with E-state index in [1.807, 2.05) is 48.7 Å². The molecule has 1 heterocycles. The first-order valence-corrected chi connectivity index (χ1v) is 7.10. The highest BCUT2D eigenvalue weighted by molar-refractivity contribution is 7.10. The zero-order valence-electron chi connectivity index (χ0n) is 10.9. The van der Waals surface area contributed by atoms with E-state index in [1.54, 1.807) is 11.3 Å². The Labute approximate surface area is 117 Å². The van der Waals surface area contributed by atoms with Gasteiger partial charge in [0.2, 0.25) is 5.91 Å². The maximum absolute atomic E-state index is 11.6. The van der Waals surface area contributed by atoms with Gasteiger partial charge in [-0.3, -0.25) is 4.79 Å². The van der Waals surface area contributed by atoms with Gasteiger partial charge in [-0.05, 0) is 30.5 Å². The summed E-state index contributed by atoms with van der Waals surface area (Å²) in [5, 5.41) is 4.82. The van der Waals surface area contributed by atoms with Gasteiger partial charge in [0.1, 0.15) is 12.4 Å². The SMILES string of the molecule is Cc1ccc(OCCNC(=O)Cc2cccs2)cc1. The Morgan fingerprint density at radius 2 is 2.05 bits per heavy atom. The maximum atomic E-state index is 11.6. The van der Waals surface area contributed by atoms with Crippen LogP contribution in [0.5, 0.6) is 5.75 Å². The van der Waals surface area contributed by atoms with Crippen LogP contribution in [0.1, 0.15) is 10.4 Å². The topological polar surface area (TPSA) is 38.3 Å². The predicted molar refractivity (Wildman–Crippen MR) is 77.7 cm³/mol. The lowest BCUT2D eigenvalue weighted by Crippen LogP contribution is -2.29. The Hall–Kier alpha value is -1.81. The molecule has 4 heteroatoms. The Morgan fingerprint density at radius 1 is 1.26 bits per heavy atom. The molecule has 2 rings (SSSR count). The summed E-state index contributed by atoms with van der Waals surface area (Å²) in [6.45, 7) is 3.05. The lowest BCUT2D eigenvalue weighted by atomic mass is 10.2. The summed E-state index contributed by atoms with van der Waals surface area (Å²) in [6, 6.07) is 11.8. The van der Waals surface area contributed by atoms with Crippen molar-refractivity contribution in [2.24, 2.45) is 0 Å². The van der Waals surface area contributed by atoms with Gasteiger partial charge in [-0.2, -0.15) is 0 Å². The van der Waals surface area contributed by atoms with Crippen molar-refractivity contribution in [3.8, 4) is 5.75 Å². The van der Waals surface area contributed by atoms with Crippen molar-refractivity contribution in [2.75, 3.05) is 13.2 Å². The van der Waals surface area contributed by atoms with E-state index in [9.17, 15) is 4.79 Å². The average molecular weight is 275 g/mol. The number of ether oxygens (including phenoxy) is 1. The van der Waals surface area contributed by atoms with Crippen LogP contribution in [0.3, 0.4) is 0 Å². The number of amides is 1. The molecule has 0 saturated heterocycles. The molecule has 0 aliphatic heterocycles. The number of thiophene rings is 1. The molecule has 0 unspecified atom stereocenters. The van der Waals surface area contributed by atoms with Gasteiger partial charge in [0, 0.05) is 4.88 Å². The molecule has 100 valence electrons. The van der Waals surface area contributed by atoms with Gasteiger partial charge in [0.05, 0.1) is 13.0 Å². The van der Waals surface area contributed by atoms with Gasteiger partial charge in [-0.1, -0.05) is 23.8 Å². The van der Waals surface area contributed by atoms with Crippen molar-refractivity contribution in [3.63, 3.8) is 0 Å². The van der Waals surface area contributed by atoms with Crippen LogP contribution in [-0.2, 0) is 11.2 Å². The molecular formula is C15H17NO2S. The Balaban J connectivity index is 1.64. The number of carbonyl (C=O) groups is 1. The highest BCUT2D eigenvalue weighted by atomic mass is 32.1. The van der Waals surface area contributed by atoms with Crippen LogP contribution in [0.25, 0.3) is 0 Å². The highest BCUT2D eigenvalue weighted by Crippen LogP contribution is 2.11. The molecule has 19 heavy (non-hydrogen) atoms. The second-order valence-electron chi connectivity index (χ2n) is 4.27. The van der Waals surface area contributed by atoms with Crippen LogP contribution >= 0.6 is 11.3 Å².